The van der Waals surface area contributed by atoms with Gasteiger partial charge in [0.25, 0.3) is 0 Å². The quantitative estimate of drug-likeness (QED) is 0.479. The van der Waals surface area contributed by atoms with E-state index in [1.54, 1.807) is 32.9 Å². The van der Waals surface area contributed by atoms with Crippen molar-refractivity contribution in [2.24, 2.45) is 40.4 Å². The molecule has 1 spiro atoms. The summed E-state index contributed by atoms with van der Waals surface area (Å²) in [6.07, 6.45) is 1.51. The molecule has 0 heterocycles. The van der Waals surface area contributed by atoms with Crippen LogP contribution in [0.4, 0.5) is 0 Å². The molecular formula is C24H34O6. The van der Waals surface area contributed by atoms with Gasteiger partial charge in [-0.15, -0.1) is 0 Å². The van der Waals surface area contributed by atoms with Crippen molar-refractivity contribution in [1.29, 1.82) is 0 Å². The van der Waals surface area contributed by atoms with E-state index < -0.39 is 47.6 Å². The molecule has 166 valence electrons. The first-order chi connectivity index (χ1) is 13.9. The molecule has 0 aromatic carbocycles. The molecule has 2 bridgehead atoms. The van der Waals surface area contributed by atoms with Crippen LogP contribution < -0.4 is 0 Å². The molecule has 0 saturated heterocycles. The lowest BCUT2D eigenvalue weighted by molar-refractivity contribution is -0.204. The second kappa shape index (κ2) is 6.50. The summed E-state index contributed by atoms with van der Waals surface area (Å²) >= 11 is 0. The second-order valence-electron chi connectivity index (χ2n) is 10.8. The Kier molecular flexibility index (Phi) is 4.71. The normalized spacial score (nSPS) is 46.3. The average Bonchev–Trinajstić information content (AvgIpc) is 3.16. The van der Waals surface area contributed by atoms with Crippen molar-refractivity contribution < 1.29 is 29.6 Å². The Morgan fingerprint density at radius 1 is 1.33 bits per heavy atom. The number of carbonyl (C=O) groups excluding carboxylic acids is 2. The van der Waals surface area contributed by atoms with E-state index in [0.29, 0.717) is 11.5 Å². The standard InChI is InChI=1S/C24H34O6/c1-11(2)21(28)30-20-12(3)9-23-13(4)7-16-17(22(16,5)6)15(19(23)27)8-14(10-25)18(26)24(20,23)29/h8-9,11,13,15-18,20,25-26,29H,7,10H2,1-6H3/t13-,15+,16-,17+,18-,20+,23+,24+/m1/s1. The lowest BCUT2D eigenvalue weighted by Gasteiger charge is -2.48. The smallest absolute Gasteiger partial charge is 0.309 e. The summed E-state index contributed by atoms with van der Waals surface area (Å²) in [5.74, 6) is -1.38. The van der Waals surface area contributed by atoms with Crippen molar-refractivity contribution in [3.63, 3.8) is 0 Å². The molecule has 8 atom stereocenters. The first-order valence-electron chi connectivity index (χ1n) is 11.0. The number of fused-ring (bicyclic) bond motifs is 3. The molecule has 3 N–H and O–H groups in total. The van der Waals surface area contributed by atoms with Crippen molar-refractivity contribution in [3.05, 3.63) is 23.3 Å². The Hall–Kier alpha value is -1.50. The van der Waals surface area contributed by atoms with Gasteiger partial charge in [-0.2, -0.15) is 0 Å². The summed E-state index contributed by atoms with van der Waals surface area (Å²) in [6, 6.07) is 0. The molecule has 6 nitrogen and oxygen atoms in total. The van der Waals surface area contributed by atoms with Crippen molar-refractivity contribution in [2.75, 3.05) is 6.61 Å². The molecule has 0 aliphatic heterocycles. The van der Waals surface area contributed by atoms with Gasteiger partial charge in [-0.1, -0.05) is 46.8 Å². The van der Waals surface area contributed by atoms with Crippen LogP contribution in [0.1, 0.15) is 48.0 Å². The van der Waals surface area contributed by atoms with E-state index in [9.17, 15) is 24.9 Å². The van der Waals surface area contributed by atoms with E-state index in [1.165, 1.54) is 0 Å². The Morgan fingerprint density at radius 3 is 2.53 bits per heavy atom. The Bertz CT molecular complexity index is 854. The summed E-state index contributed by atoms with van der Waals surface area (Å²) in [6.45, 7) is 10.9. The predicted octanol–water partition coefficient (Wildman–Crippen LogP) is 2.02. The SMILES string of the molecule is CC1=C[C@]23C(=O)[C@@H](C=C(CO)[C@@H](O)[C@]2(O)[C@H]1OC(=O)C(C)C)[C@H]1[C@@H](C[C@H]3C)C1(C)C. The number of rotatable bonds is 3. The summed E-state index contributed by atoms with van der Waals surface area (Å²) in [4.78, 5) is 26.6. The van der Waals surface area contributed by atoms with E-state index in [4.69, 9.17) is 4.74 Å². The van der Waals surface area contributed by atoms with Crippen LogP contribution in [0.2, 0.25) is 0 Å². The van der Waals surface area contributed by atoms with Crippen LogP contribution in [0.5, 0.6) is 0 Å². The fourth-order valence-corrected chi connectivity index (χ4v) is 6.85. The minimum atomic E-state index is -2.05. The Balaban J connectivity index is 1.92. The van der Waals surface area contributed by atoms with Gasteiger partial charge in [0.15, 0.2) is 17.5 Å². The molecule has 30 heavy (non-hydrogen) atoms. The van der Waals surface area contributed by atoms with Crippen LogP contribution >= 0.6 is 0 Å². The maximum atomic E-state index is 14.1. The minimum absolute atomic E-state index is 0.0124. The van der Waals surface area contributed by atoms with Crippen molar-refractivity contribution in [3.8, 4) is 0 Å². The molecule has 4 aliphatic carbocycles. The van der Waals surface area contributed by atoms with Gasteiger partial charge in [0.2, 0.25) is 0 Å². The van der Waals surface area contributed by atoms with Crippen LogP contribution in [-0.4, -0.2) is 51.5 Å². The highest BCUT2D eigenvalue weighted by molar-refractivity contribution is 5.95. The third-order valence-electron chi connectivity index (χ3n) is 8.60. The molecule has 6 heteroatoms. The third kappa shape index (κ3) is 2.41. The highest BCUT2D eigenvalue weighted by Gasteiger charge is 2.76. The molecule has 0 unspecified atom stereocenters. The van der Waals surface area contributed by atoms with Crippen LogP contribution in [0.25, 0.3) is 0 Å². The van der Waals surface area contributed by atoms with Gasteiger partial charge in [-0.3, -0.25) is 9.59 Å². The number of ether oxygens (including phenoxy) is 1. The zero-order chi connectivity index (χ0) is 22.4. The summed E-state index contributed by atoms with van der Waals surface area (Å²) in [7, 11) is 0. The molecule has 0 amide bonds. The Morgan fingerprint density at radius 2 is 1.97 bits per heavy atom. The highest BCUT2D eigenvalue weighted by Crippen LogP contribution is 2.71. The number of esters is 1. The third-order valence-corrected chi connectivity index (χ3v) is 8.60. The number of hydrogen-bond donors (Lipinski definition) is 3. The minimum Gasteiger partial charge on any atom is -0.454 e. The molecule has 4 aliphatic rings. The second-order valence-corrected chi connectivity index (χ2v) is 10.8. The van der Waals surface area contributed by atoms with Crippen LogP contribution in [0.3, 0.4) is 0 Å². The number of hydrogen-bond acceptors (Lipinski definition) is 6. The maximum Gasteiger partial charge on any atom is 0.309 e. The molecule has 4 rings (SSSR count). The van der Waals surface area contributed by atoms with E-state index >= 15 is 0 Å². The molecular weight excluding hydrogens is 384 g/mol. The van der Waals surface area contributed by atoms with Crippen LogP contribution in [0.15, 0.2) is 23.3 Å². The topological polar surface area (TPSA) is 104 Å². The van der Waals surface area contributed by atoms with Crippen molar-refractivity contribution in [2.45, 2.75) is 65.8 Å². The molecule has 2 saturated carbocycles. The first kappa shape index (κ1) is 21.7. The molecule has 2 fully saturated rings. The zero-order valence-corrected chi connectivity index (χ0v) is 18.7. The van der Waals surface area contributed by atoms with Gasteiger partial charge in [-0.05, 0) is 47.7 Å². The zero-order valence-electron chi connectivity index (χ0n) is 18.7. The monoisotopic (exact) mass is 418 g/mol. The lowest BCUT2D eigenvalue weighted by Crippen LogP contribution is -2.66. The fraction of sp³-hybridized carbons (Fsp3) is 0.750. The van der Waals surface area contributed by atoms with Crippen molar-refractivity contribution >= 4 is 11.8 Å². The number of ketones is 1. The van der Waals surface area contributed by atoms with Gasteiger partial charge in [0.05, 0.1) is 17.9 Å². The lowest BCUT2D eigenvalue weighted by atomic mass is 9.59. The highest BCUT2D eigenvalue weighted by atomic mass is 16.6. The van der Waals surface area contributed by atoms with Crippen LogP contribution in [-0.2, 0) is 14.3 Å². The first-order valence-corrected chi connectivity index (χ1v) is 11.0. The number of Topliss-reactive ketones (excluding diaryl/α,β-unsaturated/α-hetero) is 1. The molecule has 0 radical (unpaired) electrons. The van der Waals surface area contributed by atoms with Gasteiger partial charge in [0, 0.05) is 5.92 Å². The van der Waals surface area contributed by atoms with E-state index in [0.717, 1.165) is 6.42 Å². The summed E-state index contributed by atoms with van der Waals surface area (Å²) < 4.78 is 5.70. The summed E-state index contributed by atoms with van der Waals surface area (Å²) in [5.41, 5.74) is -2.65. The van der Waals surface area contributed by atoms with Gasteiger partial charge in [-0.25, -0.2) is 0 Å². The average molecular weight is 419 g/mol. The summed E-state index contributed by atoms with van der Waals surface area (Å²) in [5, 5.41) is 33.6. The number of carbonyl (C=O) groups is 2. The van der Waals surface area contributed by atoms with E-state index in [2.05, 4.69) is 13.8 Å². The fourth-order valence-electron chi connectivity index (χ4n) is 6.85. The van der Waals surface area contributed by atoms with Crippen LogP contribution in [0, 0.1) is 40.4 Å². The van der Waals surface area contributed by atoms with E-state index in [-0.39, 0.29) is 28.6 Å². The van der Waals surface area contributed by atoms with Gasteiger partial charge >= 0.3 is 5.97 Å². The number of aliphatic hydroxyl groups excluding tert-OH is 2. The van der Waals surface area contributed by atoms with Gasteiger partial charge in [0.1, 0.15) is 6.10 Å². The molecule has 0 aromatic rings. The maximum absolute atomic E-state index is 14.1. The van der Waals surface area contributed by atoms with Gasteiger partial charge < -0.3 is 20.1 Å². The predicted molar refractivity (Wildman–Crippen MR) is 110 cm³/mol. The largest absolute Gasteiger partial charge is 0.454 e. The molecule has 0 aromatic heterocycles. The van der Waals surface area contributed by atoms with E-state index in [1.807, 2.05) is 6.92 Å². The number of allylic oxidation sites excluding steroid dienone is 1. The van der Waals surface area contributed by atoms with Crippen molar-refractivity contribution in [1.82, 2.24) is 0 Å². The Labute approximate surface area is 178 Å². The number of aliphatic hydroxyl groups is 3.